The SMILES string of the molecule is Nc1ncc(CN2CCC(NC(=O)NC3CCCCC3)CC2)s1. The second kappa shape index (κ2) is 7.97. The number of carbonyl (C=O) groups excluding carboxylic acids is 1. The standard InChI is InChI=1S/C16H27N5OS/c17-15-18-10-14(23-15)11-21-8-6-13(7-9-21)20-16(22)19-12-4-2-1-3-5-12/h10,12-13H,1-9,11H2,(H2,17,18)(H2,19,20,22). The number of nitrogens with two attached hydrogens (primary N) is 1. The number of likely N-dealkylation sites (tertiary alicyclic amines) is 1. The van der Waals surface area contributed by atoms with Crippen LogP contribution in [0.5, 0.6) is 0 Å². The Morgan fingerprint density at radius 1 is 1.17 bits per heavy atom. The van der Waals surface area contributed by atoms with Crippen LogP contribution in [0.2, 0.25) is 0 Å². The molecule has 7 heteroatoms. The fraction of sp³-hybridized carbons (Fsp3) is 0.750. The fourth-order valence-electron chi connectivity index (χ4n) is 3.51. The molecule has 2 fully saturated rings. The smallest absolute Gasteiger partial charge is 0.315 e. The molecule has 0 unspecified atom stereocenters. The second-order valence-corrected chi connectivity index (χ2v) is 7.81. The summed E-state index contributed by atoms with van der Waals surface area (Å²) in [5.41, 5.74) is 5.67. The molecule has 2 amide bonds. The van der Waals surface area contributed by atoms with Crippen LogP contribution in [-0.4, -0.2) is 41.1 Å². The first-order chi connectivity index (χ1) is 11.2. The van der Waals surface area contributed by atoms with Crippen molar-refractivity contribution >= 4 is 22.5 Å². The number of thiazole rings is 1. The summed E-state index contributed by atoms with van der Waals surface area (Å²) >= 11 is 1.56. The summed E-state index contributed by atoms with van der Waals surface area (Å²) in [5, 5.41) is 6.92. The van der Waals surface area contributed by atoms with Gasteiger partial charge in [0.15, 0.2) is 5.13 Å². The van der Waals surface area contributed by atoms with Gasteiger partial charge in [0.25, 0.3) is 0 Å². The average molecular weight is 337 g/mol. The summed E-state index contributed by atoms with van der Waals surface area (Å²) in [6.07, 6.45) is 9.93. The highest BCUT2D eigenvalue weighted by atomic mass is 32.1. The number of nitrogens with one attached hydrogen (secondary N) is 2. The van der Waals surface area contributed by atoms with E-state index >= 15 is 0 Å². The topological polar surface area (TPSA) is 83.3 Å². The van der Waals surface area contributed by atoms with E-state index in [2.05, 4.69) is 20.5 Å². The van der Waals surface area contributed by atoms with Gasteiger partial charge in [-0.2, -0.15) is 0 Å². The Morgan fingerprint density at radius 2 is 1.83 bits per heavy atom. The minimum Gasteiger partial charge on any atom is -0.375 e. The predicted octanol–water partition coefficient (Wildman–Crippen LogP) is 2.32. The van der Waals surface area contributed by atoms with Gasteiger partial charge < -0.3 is 16.4 Å². The van der Waals surface area contributed by atoms with Gasteiger partial charge in [-0.1, -0.05) is 19.3 Å². The van der Waals surface area contributed by atoms with Crippen LogP contribution in [-0.2, 0) is 6.54 Å². The minimum absolute atomic E-state index is 0.0191. The molecule has 2 heterocycles. The molecule has 2 aliphatic rings. The minimum atomic E-state index is 0.0191. The maximum absolute atomic E-state index is 12.1. The van der Waals surface area contributed by atoms with E-state index in [9.17, 15) is 4.79 Å². The van der Waals surface area contributed by atoms with E-state index in [1.807, 2.05) is 6.20 Å². The van der Waals surface area contributed by atoms with E-state index in [1.165, 1.54) is 24.1 Å². The zero-order valence-corrected chi connectivity index (χ0v) is 14.4. The molecule has 3 rings (SSSR count). The number of nitrogen functional groups attached to an aromatic ring is 1. The highest BCUT2D eigenvalue weighted by Crippen LogP contribution is 2.20. The summed E-state index contributed by atoms with van der Waals surface area (Å²) < 4.78 is 0. The maximum Gasteiger partial charge on any atom is 0.315 e. The second-order valence-electron chi connectivity index (χ2n) is 6.67. The number of amides is 2. The number of urea groups is 1. The van der Waals surface area contributed by atoms with Crippen molar-refractivity contribution in [3.8, 4) is 0 Å². The fourth-order valence-corrected chi connectivity index (χ4v) is 4.24. The maximum atomic E-state index is 12.1. The number of hydrogen-bond donors (Lipinski definition) is 3. The number of nitrogens with zero attached hydrogens (tertiary/aromatic N) is 2. The van der Waals surface area contributed by atoms with E-state index in [0.717, 1.165) is 45.3 Å². The van der Waals surface area contributed by atoms with Crippen LogP contribution in [0.4, 0.5) is 9.93 Å². The van der Waals surface area contributed by atoms with Crippen molar-refractivity contribution in [2.24, 2.45) is 0 Å². The Balaban J connectivity index is 1.36. The van der Waals surface area contributed by atoms with Gasteiger partial charge in [0.2, 0.25) is 0 Å². The molecule has 0 radical (unpaired) electrons. The predicted molar refractivity (Wildman–Crippen MR) is 93.4 cm³/mol. The summed E-state index contributed by atoms with van der Waals surface area (Å²) in [4.78, 5) is 19.8. The van der Waals surface area contributed by atoms with Gasteiger partial charge >= 0.3 is 6.03 Å². The number of hydrogen-bond acceptors (Lipinski definition) is 5. The van der Waals surface area contributed by atoms with E-state index in [4.69, 9.17) is 5.73 Å². The third-order valence-electron chi connectivity index (χ3n) is 4.81. The lowest BCUT2D eigenvalue weighted by atomic mass is 9.96. The summed E-state index contributed by atoms with van der Waals surface area (Å²) in [5.74, 6) is 0. The van der Waals surface area contributed by atoms with Crippen molar-refractivity contribution in [2.45, 2.75) is 63.6 Å². The van der Waals surface area contributed by atoms with Crippen LogP contribution in [0.15, 0.2) is 6.20 Å². The first-order valence-corrected chi connectivity index (χ1v) is 9.50. The van der Waals surface area contributed by atoms with Gasteiger partial charge in [-0.3, -0.25) is 4.90 Å². The van der Waals surface area contributed by atoms with Crippen molar-refractivity contribution in [1.82, 2.24) is 20.5 Å². The van der Waals surface area contributed by atoms with Gasteiger partial charge in [-0.25, -0.2) is 9.78 Å². The van der Waals surface area contributed by atoms with Crippen molar-refractivity contribution in [3.05, 3.63) is 11.1 Å². The lowest BCUT2D eigenvalue weighted by molar-refractivity contribution is 0.185. The van der Waals surface area contributed by atoms with E-state index < -0.39 is 0 Å². The number of piperidine rings is 1. The summed E-state index contributed by atoms with van der Waals surface area (Å²) in [6, 6.07) is 0.688. The Morgan fingerprint density at radius 3 is 2.43 bits per heavy atom. The van der Waals surface area contributed by atoms with Crippen molar-refractivity contribution in [2.75, 3.05) is 18.8 Å². The van der Waals surface area contributed by atoms with Crippen LogP contribution < -0.4 is 16.4 Å². The molecule has 1 aromatic rings. The van der Waals surface area contributed by atoms with Crippen LogP contribution in [0.1, 0.15) is 49.8 Å². The molecule has 0 bridgehead atoms. The van der Waals surface area contributed by atoms with Gasteiger partial charge in [0, 0.05) is 42.8 Å². The molecule has 4 N–H and O–H groups in total. The molecular weight excluding hydrogens is 310 g/mol. The lowest BCUT2D eigenvalue weighted by Gasteiger charge is -2.32. The van der Waals surface area contributed by atoms with Gasteiger partial charge in [0.1, 0.15) is 0 Å². The quantitative estimate of drug-likeness (QED) is 0.787. The molecule has 1 aliphatic heterocycles. The first kappa shape index (κ1) is 16.5. The zero-order chi connectivity index (χ0) is 16.1. The van der Waals surface area contributed by atoms with E-state index in [-0.39, 0.29) is 6.03 Å². The Hall–Kier alpha value is -1.34. The molecule has 128 valence electrons. The van der Waals surface area contributed by atoms with Gasteiger partial charge in [-0.15, -0.1) is 11.3 Å². The third kappa shape index (κ3) is 5.07. The monoisotopic (exact) mass is 337 g/mol. The first-order valence-electron chi connectivity index (χ1n) is 8.68. The molecule has 6 nitrogen and oxygen atoms in total. The number of rotatable bonds is 4. The highest BCUT2D eigenvalue weighted by molar-refractivity contribution is 7.15. The van der Waals surface area contributed by atoms with Crippen LogP contribution >= 0.6 is 11.3 Å². The van der Waals surface area contributed by atoms with E-state index in [1.54, 1.807) is 11.3 Å². The van der Waals surface area contributed by atoms with Gasteiger partial charge in [0.05, 0.1) is 0 Å². The average Bonchev–Trinajstić information content (AvgIpc) is 2.95. The molecule has 1 aliphatic carbocycles. The van der Waals surface area contributed by atoms with E-state index in [0.29, 0.717) is 17.2 Å². The third-order valence-corrected chi connectivity index (χ3v) is 5.63. The van der Waals surface area contributed by atoms with Crippen LogP contribution in [0, 0.1) is 0 Å². The molecular formula is C16H27N5OS. The van der Waals surface area contributed by atoms with Crippen molar-refractivity contribution in [1.29, 1.82) is 0 Å². The zero-order valence-electron chi connectivity index (χ0n) is 13.6. The Labute approximate surface area is 141 Å². The molecule has 0 spiro atoms. The van der Waals surface area contributed by atoms with Crippen molar-refractivity contribution in [3.63, 3.8) is 0 Å². The number of carbonyl (C=O) groups is 1. The van der Waals surface area contributed by atoms with Crippen molar-refractivity contribution < 1.29 is 4.79 Å². The number of aromatic nitrogens is 1. The van der Waals surface area contributed by atoms with Crippen LogP contribution in [0.25, 0.3) is 0 Å². The van der Waals surface area contributed by atoms with Crippen LogP contribution in [0.3, 0.4) is 0 Å². The molecule has 1 saturated carbocycles. The summed E-state index contributed by atoms with van der Waals surface area (Å²) in [7, 11) is 0. The molecule has 0 aromatic carbocycles. The Kier molecular flexibility index (Phi) is 5.72. The highest BCUT2D eigenvalue weighted by Gasteiger charge is 2.22. The normalized spacial score (nSPS) is 21.2. The largest absolute Gasteiger partial charge is 0.375 e. The molecule has 23 heavy (non-hydrogen) atoms. The Bertz CT molecular complexity index is 506. The molecule has 0 atom stereocenters. The van der Waals surface area contributed by atoms with Gasteiger partial charge in [-0.05, 0) is 25.7 Å². The molecule has 1 aromatic heterocycles. The number of anilines is 1. The molecule has 1 saturated heterocycles. The lowest BCUT2D eigenvalue weighted by Crippen LogP contribution is -2.50. The summed E-state index contributed by atoms with van der Waals surface area (Å²) in [6.45, 7) is 2.92.